The molecule has 2 aromatic rings. The van der Waals surface area contributed by atoms with Crippen LogP contribution >= 0.6 is 0 Å². The number of carbonyl (C=O) groups is 1. The number of aryl methyl sites for hydroxylation is 1. The molecule has 1 aromatic heterocycles. The molecule has 0 saturated heterocycles. The minimum absolute atomic E-state index is 0.00209. The van der Waals surface area contributed by atoms with E-state index >= 15 is 0 Å². The number of hydrogen-bond donors (Lipinski definition) is 1. The molecule has 1 N–H and O–H groups in total. The number of likely N-dealkylation sites (N-methyl/N-ethyl adjacent to an activating group) is 1. The highest BCUT2D eigenvalue weighted by Crippen LogP contribution is 2.18. The zero-order chi connectivity index (χ0) is 15.9. The van der Waals surface area contributed by atoms with Crippen molar-refractivity contribution in [3.8, 4) is 0 Å². The van der Waals surface area contributed by atoms with Gasteiger partial charge in [0.1, 0.15) is 6.04 Å². The molecule has 0 unspecified atom stereocenters. The van der Waals surface area contributed by atoms with E-state index in [0.717, 1.165) is 11.3 Å². The fourth-order valence-corrected chi connectivity index (χ4v) is 2.30. The molecule has 0 aliphatic rings. The van der Waals surface area contributed by atoms with Crippen LogP contribution in [-0.4, -0.2) is 41.4 Å². The van der Waals surface area contributed by atoms with Gasteiger partial charge in [-0.3, -0.25) is 19.7 Å². The molecule has 0 spiro atoms. The Labute approximate surface area is 131 Å². The van der Waals surface area contributed by atoms with E-state index in [9.17, 15) is 4.79 Å². The first kappa shape index (κ1) is 16.1. The normalized spacial score (nSPS) is 12.2. The predicted octanol–water partition coefficient (Wildman–Crippen LogP) is 1.75. The van der Waals surface area contributed by atoms with Crippen LogP contribution in [0.5, 0.6) is 0 Å². The Morgan fingerprint density at radius 2 is 1.95 bits per heavy atom. The number of rotatable bonds is 6. The Balaban J connectivity index is 1.97. The zero-order valence-electron chi connectivity index (χ0n) is 13.3. The van der Waals surface area contributed by atoms with E-state index in [4.69, 9.17) is 0 Å². The molecule has 116 valence electrons. The summed E-state index contributed by atoms with van der Waals surface area (Å²) in [5.41, 5.74) is 3.05. The molecular weight excluding hydrogens is 276 g/mol. The molecule has 0 radical (unpaired) electrons. The molecule has 0 aliphatic carbocycles. The molecule has 0 fully saturated rings. The van der Waals surface area contributed by atoms with Gasteiger partial charge in [-0.05, 0) is 26.6 Å². The Morgan fingerprint density at radius 1 is 1.23 bits per heavy atom. The number of carbonyl (C=O) groups excluding carboxylic acids is 1. The van der Waals surface area contributed by atoms with E-state index in [0.29, 0.717) is 13.0 Å². The first-order chi connectivity index (χ1) is 10.6. The number of amides is 1. The molecule has 2 rings (SSSR count). The third-order valence-corrected chi connectivity index (χ3v) is 3.45. The molecule has 22 heavy (non-hydrogen) atoms. The van der Waals surface area contributed by atoms with E-state index in [-0.39, 0.29) is 11.9 Å². The summed E-state index contributed by atoms with van der Waals surface area (Å²) >= 11 is 0. The van der Waals surface area contributed by atoms with Gasteiger partial charge in [0.05, 0.1) is 5.69 Å². The van der Waals surface area contributed by atoms with Crippen LogP contribution in [0.4, 0.5) is 0 Å². The van der Waals surface area contributed by atoms with E-state index in [2.05, 4.69) is 15.3 Å². The molecule has 1 atom stereocenters. The number of aromatic nitrogens is 2. The lowest BCUT2D eigenvalue weighted by atomic mass is 10.0. The van der Waals surface area contributed by atoms with Crippen molar-refractivity contribution in [3.63, 3.8) is 0 Å². The summed E-state index contributed by atoms with van der Waals surface area (Å²) in [6.07, 6.45) is 5.69. The number of nitrogens with zero attached hydrogens (tertiary/aromatic N) is 3. The molecule has 5 nitrogen and oxygen atoms in total. The third-order valence-electron chi connectivity index (χ3n) is 3.45. The summed E-state index contributed by atoms with van der Waals surface area (Å²) < 4.78 is 0. The smallest absolute Gasteiger partial charge is 0.241 e. The lowest BCUT2D eigenvalue weighted by Gasteiger charge is -2.24. The summed E-state index contributed by atoms with van der Waals surface area (Å²) in [5.74, 6) is -0.00209. The molecule has 0 aliphatic heterocycles. The van der Waals surface area contributed by atoms with Gasteiger partial charge in [0.2, 0.25) is 5.91 Å². The number of nitrogens with one attached hydrogen (secondary N) is 1. The van der Waals surface area contributed by atoms with Gasteiger partial charge in [-0.25, -0.2) is 0 Å². The van der Waals surface area contributed by atoms with Crippen molar-refractivity contribution in [1.29, 1.82) is 0 Å². The minimum atomic E-state index is -0.289. The summed E-state index contributed by atoms with van der Waals surface area (Å²) in [4.78, 5) is 22.6. The van der Waals surface area contributed by atoms with Crippen LogP contribution in [-0.2, 0) is 11.2 Å². The van der Waals surface area contributed by atoms with Crippen LogP contribution in [0.1, 0.15) is 22.9 Å². The van der Waals surface area contributed by atoms with Crippen molar-refractivity contribution in [2.45, 2.75) is 19.4 Å². The quantitative estimate of drug-likeness (QED) is 0.882. The number of benzene rings is 1. The Morgan fingerprint density at radius 3 is 2.55 bits per heavy atom. The average Bonchev–Trinajstić information content (AvgIpc) is 2.50. The van der Waals surface area contributed by atoms with Gasteiger partial charge < -0.3 is 5.32 Å². The first-order valence-electron chi connectivity index (χ1n) is 7.33. The van der Waals surface area contributed by atoms with Gasteiger partial charge in [0.25, 0.3) is 0 Å². The van der Waals surface area contributed by atoms with Crippen LogP contribution in [0.15, 0.2) is 42.9 Å². The molecular formula is C17H22N4O. The van der Waals surface area contributed by atoms with Crippen molar-refractivity contribution in [1.82, 2.24) is 20.2 Å². The Bertz CT molecular complexity index is 596. The van der Waals surface area contributed by atoms with E-state index in [1.54, 1.807) is 18.6 Å². The molecule has 1 aromatic carbocycles. The van der Waals surface area contributed by atoms with Gasteiger partial charge in [-0.15, -0.1) is 0 Å². The lowest BCUT2D eigenvalue weighted by Crippen LogP contribution is -2.38. The van der Waals surface area contributed by atoms with Gasteiger partial charge in [-0.1, -0.05) is 29.8 Å². The van der Waals surface area contributed by atoms with Crippen molar-refractivity contribution >= 4 is 5.91 Å². The topological polar surface area (TPSA) is 58.1 Å². The summed E-state index contributed by atoms with van der Waals surface area (Å²) in [6.45, 7) is 2.59. The largest absolute Gasteiger partial charge is 0.354 e. The maximum absolute atomic E-state index is 12.5. The van der Waals surface area contributed by atoms with E-state index < -0.39 is 0 Å². The van der Waals surface area contributed by atoms with E-state index in [1.165, 1.54) is 5.56 Å². The second-order valence-electron chi connectivity index (χ2n) is 5.51. The number of hydrogen-bond acceptors (Lipinski definition) is 4. The fraction of sp³-hybridized carbons (Fsp3) is 0.353. The molecule has 0 bridgehead atoms. The second kappa shape index (κ2) is 7.66. The van der Waals surface area contributed by atoms with Crippen molar-refractivity contribution in [3.05, 3.63) is 59.7 Å². The predicted molar refractivity (Wildman–Crippen MR) is 86.4 cm³/mol. The maximum atomic E-state index is 12.5. The van der Waals surface area contributed by atoms with Crippen LogP contribution < -0.4 is 5.32 Å². The van der Waals surface area contributed by atoms with Gasteiger partial charge in [0.15, 0.2) is 0 Å². The van der Waals surface area contributed by atoms with Crippen LogP contribution in [0, 0.1) is 6.92 Å². The summed E-state index contributed by atoms with van der Waals surface area (Å²) in [7, 11) is 3.82. The first-order valence-corrected chi connectivity index (χ1v) is 7.33. The highest BCUT2D eigenvalue weighted by molar-refractivity contribution is 5.83. The van der Waals surface area contributed by atoms with Gasteiger partial charge in [-0.2, -0.15) is 0 Å². The van der Waals surface area contributed by atoms with Crippen LogP contribution in [0.25, 0.3) is 0 Å². The highest BCUT2D eigenvalue weighted by Gasteiger charge is 2.22. The lowest BCUT2D eigenvalue weighted by molar-refractivity contribution is -0.125. The van der Waals surface area contributed by atoms with Gasteiger partial charge in [0, 0.05) is 31.6 Å². The summed E-state index contributed by atoms with van der Waals surface area (Å²) in [6, 6.07) is 7.77. The maximum Gasteiger partial charge on any atom is 0.241 e. The molecule has 0 saturated carbocycles. The van der Waals surface area contributed by atoms with Crippen molar-refractivity contribution in [2.24, 2.45) is 0 Å². The monoisotopic (exact) mass is 298 g/mol. The fourth-order valence-electron chi connectivity index (χ4n) is 2.30. The third kappa shape index (κ3) is 4.36. The molecule has 5 heteroatoms. The Hall–Kier alpha value is -2.27. The standard InChI is InChI=1S/C17H22N4O/c1-13-4-6-14(7-5-13)16(21(2)3)17(22)20-9-8-15-12-18-10-11-19-15/h4-7,10-12,16H,8-9H2,1-3H3,(H,20,22)/t16-/m1/s1. The summed E-state index contributed by atoms with van der Waals surface area (Å²) in [5, 5.41) is 2.98. The van der Waals surface area contributed by atoms with E-state index in [1.807, 2.05) is 50.2 Å². The second-order valence-corrected chi connectivity index (χ2v) is 5.51. The van der Waals surface area contributed by atoms with Crippen LogP contribution in [0.2, 0.25) is 0 Å². The minimum Gasteiger partial charge on any atom is -0.354 e. The Kier molecular flexibility index (Phi) is 5.61. The highest BCUT2D eigenvalue weighted by atomic mass is 16.2. The van der Waals surface area contributed by atoms with Crippen molar-refractivity contribution < 1.29 is 4.79 Å². The molecule has 1 heterocycles. The van der Waals surface area contributed by atoms with Crippen LogP contribution in [0.3, 0.4) is 0 Å². The molecule has 1 amide bonds. The zero-order valence-corrected chi connectivity index (χ0v) is 13.3. The van der Waals surface area contributed by atoms with Gasteiger partial charge >= 0.3 is 0 Å². The van der Waals surface area contributed by atoms with Crippen molar-refractivity contribution in [2.75, 3.05) is 20.6 Å². The average molecular weight is 298 g/mol. The SMILES string of the molecule is Cc1ccc([C@H](C(=O)NCCc2cnccn2)N(C)C)cc1.